The number of rotatable bonds is 3. The number of piperidine rings is 1. The minimum Gasteiger partial charge on any atom is -0.298 e. The fourth-order valence-corrected chi connectivity index (χ4v) is 3.38. The Kier molecular flexibility index (Phi) is 3.97. The van der Waals surface area contributed by atoms with Crippen molar-refractivity contribution in [3.8, 4) is 17.2 Å². The van der Waals surface area contributed by atoms with Crippen LogP contribution < -0.4 is 0 Å². The summed E-state index contributed by atoms with van der Waals surface area (Å²) in [4.78, 5) is 6.97. The molecule has 1 saturated heterocycles. The van der Waals surface area contributed by atoms with E-state index in [4.69, 9.17) is 5.26 Å². The number of hydrogen-bond donors (Lipinski definition) is 0. The molecule has 1 aromatic carbocycles. The third-order valence-corrected chi connectivity index (χ3v) is 4.59. The molecule has 0 radical (unpaired) electrons. The molecule has 1 aliphatic heterocycles. The lowest BCUT2D eigenvalue weighted by atomic mass is 9.99. The van der Waals surface area contributed by atoms with E-state index >= 15 is 0 Å². The first-order chi connectivity index (χ1) is 11.8. The predicted molar refractivity (Wildman–Crippen MR) is 92.0 cm³/mol. The summed E-state index contributed by atoms with van der Waals surface area (Å²) in [6.45, 7) is 2.72. The molecule has 1 fully saturated rings. The van der Waals surface area contributed by atoms with Crippen LogP contribution in [0, 0.1) is 17.2 Å². The van der Waals surface area contributed by atoms with Crippen molar-refractivity contribution in [2.24, 2.45) is 5.92 Å². The quantitative estimate of drug-likeness (QED) is 0.744. The zero-order valence-electron chi connectivity index (χ0n) is 13.5. The number of nitrogens with zero attached hydrogens (tertiary/aromatic N) is 5. The summed E-state index contributed by atoms with van der Waals surface area (Å²) >= 11 is 0. The number of benzene rings is 1. The lowest BCUT2D eigenvalue weighted by Gasteiger charge is -2.29. The Balaban J connectivity index is 1.58. The lowest BCUT2D eigenvalue weighted by molar-refractivity contribution is 0.191. The van der Waals surface area contributed by atoms with Crippen molar-refractivity contribution in [3.63, 3.8) is 0 Å². The molecule has 0 aliphatic carbocycles. The molecule has 4 rings (SSSR count). The van der Waals surface area contributed by atoms with Crippen molar-refractivity contribution in [3.05, 3.63) is 54.5 Å². The Bertz CT molecular complexity index is 878. The largest absolute Gasteiger partial charge is 0.298 e. The van der Waals surface area contributed by atoms with Crippen LogP contribution in [0.4, 0.5) is 0 Å². The van der Waals surface area contributed by atoms with Gasteiger partial charge in [-0.05, 0) is 24.9 Å². The Hall–Kier alpha value is -2.71. The molecule has 5 heteroatoms. The summed E-state index contributed by atoms with van der Waals surface area (Å²) < 4.78 is 1.85. The smallest absolute Gasteiger partial charge is 0.162 e. The highest BCUT2D eigenvalue weighted by Crippen LogP contribution is 2.23. The Morgan fingerprint density at radius 2 is 2.08 bits per heavy atom. The van der Waals surface area contributed by atoms with Gasteiger partial charge in [-0.15, -0.1) is 0 Å². The highest BCUT2D eigenvalue weighted by Gasteiger charge is 2.19. The Labute approximate surface area is 141 Å². The number of likely N-dealkylation sites (tertiary alicyclic amines) is 1. The molecule has 24 heavy (non-hydrogen) atoms. The van der Waals surface area contributed by atoms with E-state index in [1.54, 1.807) is 0 Å². The van der Waals surface area contributed by atoms with Gasteiger partial charge in [0.25, 0.3) is 0 Å². The van der Waals surface area contributed by atoms with E-state index < -0.39 is 0 Å². The van der Waals surface area contributed by atoms with Crippen LogP contribution >= 0.6 is 0 Å². The molecule has 0 saturated carbocycles. The van der Waals surface area contributed by atoms with Crippen molar-refractivity contribution >= 4 is 5.65 Å². The molecule has 0 spiro atoms. The van der Waals surface area contributed by atoms with Gasteiger partial charge in [0, 0.05) is 36.6 Å². The van der Waals surface area contributed by atoms with Gasteiger partial charge in [-0.25, -0.2) is 9.50 Å². The van der Waals surface area contributed by atoms with Crippen LogP contribution in [0.2, 0.25) is 0 Å². The second kappa shape index (κ2) is 6.42. The van der Waals surface area contributed by atoms with Crippen molar-refractivity contribution in [1.82, 2.24) is 19.5 Å². The second-order valence-corrected chi connectivity index (χ2v) is 6.36. The van der Waals surface area contributed by atoms with Crippen LogP contribution in [0.25, 0.3) is 16.8 Å². The molecule has 0 bridgehead atoms. The predicted octanol–water partition coefficient (Wildman–Crippen LogP) is 3.13. The molecule has 2 aromatic heterocycles. The van der Waals surface area contributed by atoms with E-state index in [0.29, 0.717) is 0 Å². The maximum absolute atomic E-state index is 9.12. The summed E-state index contributed by atoms with van der Waals surface area (Å²) in [5.74, 6) is 0.157. The molecule has 3 aromatic rings. The van der Waals surface area contributed by atoms with Gasteiger partial charge in [-0.1, -0.05) is 30.3 Å². The van der Waals surface area contributed by atoms with Crippen molar-refractivity contribution in [1.29, 1.82) is 5.26 Å². The van der Waals surface area contributed by atoms with Crippen LogP contribution in [0.1, 0.15) is 18.4 Å². The van der Waals surface area contributed by atoms with Crippen LogP contribution in [0.5, 0.6) is 0 Å². The third-order valence-electron chi connectivity index (χ3n) is 4.59. The number of nitriles is 1. The molecule has 1 aliphatic rings. The zero-order valence-corrected chi connectivity index (χ0v) is 13.5. The molecule has 0 unspecified atom stereocenters. The van der Waals surface area contributed by atoms with Crippen molar-refractivity contribution in [2.75, 3.05) is 13.1 Å². The maximum atomic E-state index is 9.12. The molecule has 0 amide bonds. The highest BCUT2D eigenvalue weighted by molar-refractivity contribution is 5.76. The first-order valence-electron chi connectivity index (χ1n) is 8.33. The zero-order chi connectivity index (χ0) is 16.4. The summed E-state index contributed by atoms with van der Waals surface area (Å²) in [6.07, 6.45) is 7.95. The summed E-state index contributed by atoms with van der Waals surface area (Å²) in [5, 5.41) is 13.6. The standard InChI is InChI=1S/C19H19N5/c20-9-15-5-4-8-23(12-15)13-16-10-21-19-18(11-22-24(19)14-16)17-6-2-1-3-7-17/h1-3,6-7,10-11,14-15H,4-5,8,12-13H2/t15-/m0/s1. The van der Waals surface area contributed by atoms with Gasteiger partial charge >= 0.3 is 0 Å². The van der Waals surface area contributed by atoms with Crippen molar-refractivity contribution in [2.45, 2.75) is 19.4 Å². The number of fused-ring (bicyclic) bond motifs is 1. The second-order valence-electron chi connectivity index (χ2n) is 6.36. The summed E-state index contributed by atoms with van der Waals surface area (Å²) in [7, 11) is 0. The molecule has 5 nitrogen and oxygen atoms in total. The number of hydrogen-bond acceptors (Lipinski definition) is 4. The normalized spacial score (nSPS) is 18.5. The van der Waals surface area contributed by atoms with Crippen LogP contribution in [-0.2, 0) is 6.54 Å². The minimum absolute atomic E-state index is 0.157. The first-order valence-corrected chi connectivity index (χ1v) is 8.33. The van der Waals surface area contributed by atoms with Crippen LogP contribution in [0.3, 0.4) is 0 Å². The van der Waals surface area contributed by atoms with Gasteiger partial charge < -0.3 is 0 Å². The minimum atomic E-state index is 0.157. The van der Waals surface area contributed by atoms with E-state index in [-0.39, 0.29) is 5.92 Å². The fourth-order valence-electron chi connectivity index (χ4n) is 3.38. The first kappa shape index (κ1) is 14.9. The fraction of sp³-hybridized carbons (Fsp3) is 0.316. The van der Waals surface area contributed by atoms with Gasteiger partial charge in [0.1, 0.15) is 0 Å². The number of aromatic nitrogens is 3. The van der Waals surface area contributed by atoms with Gasteiger partial charge in [0.15, 0.2) is 5.65 Å². The SMILES string of the molecule is N#C[C@@H]1CCCN(Cc2cnc3c(-c4ccccc4)cnn3c2)C1. The molecule has 1 atom stereocenters. The summed E-state index contributed by atoms with van der Waals surface area (Å²) in [6, 6.07) is 12.6. The average molecular weight is 317 g/mol. The molecule has 0 N–H and O–H groups in total. The van der Waals surface area contributed by atoms with E-state index in [0.717, 1.165) is 54.8 Å². The van der Waals surface area contributed by atoms with Gasteiger partial charge in [-0.2, -0.15) is 10.4 Å². The summed E-state index contributed by atoms with van der Waals surface area (Å²) in [5.41, 5.74) is 4.17. The van der Waals surface area contributed by atoms with Crippen LogP contribution in [-0.4, -0.2) is 32.6 Å². The Morgan fingerprint density at radius 3 is 2.92 bits per heavy atom. The van der Waals surface area contributed by atoms with Crippen LogP contribution in [0.15, 0.2) is 48.9 Å². The van der Waals surface area contributed by atoms with E-state index in [9.17, 15) is 0 Å². The molecular weight excluding hydrogens is 298 g/mol. The average Bonchev–Trinajstić information content (AvgIpc) is 3.06. The molecule has 120 valence electrons. The topological polar surface area (TPSA) is 57.2 Å². The van der Waals surface area contributed by atoms with E-state index in [2.05, 4.69) is 33.2 Å². The maximum Gasteiger partial charge on any atom is 0.162 e. The van der Waals surface area contributed by atoms with Crippen molar-refractivity contribution < 1.29 is 0 Å². The third kappa shape index (κ3) is 2.89. The highest BCUT2D eigenvalue weighted by atomic mass is 15.2. The van der Waals surface area contributed by atoms with E-state index in [1.165, 1.54) is 0 Å². The van der Waals surface area contributed by atoms with Gasteiger partial charge in [0.05, 0.1) is 18.2 Å². The monoisotopic (exact) mass is 317 g/mol. The molecular formula is C19H19N5. The van der Waals surface area contributed by atoms with E-state index in [1.807, 2.05) is 41.3 Å². The van der Waals surface area contributed by atoms with Gasteiger partial charge in [0.2, 0.25) is 0 Å². The van der Waals surface area contributed by atoms with Gasteiger partial charge in [-0.3, -0.25) is 4.90 Å². The molecule has 3 heterocycles. The Morgan fingerprint density at radius 1 is 1.21 bits per heavy atom. The lowest BCUT2D eigenvalue weighted by Crippen LogP contribution is -2.34.